The summed E-state index contributed by atoms with van der Waals surface area (Å²) in [5.74, 6) is -1.84. The number of benzene rings is 1. The van der Waals surface area contributed by atoms with Crippen LogP contribution < -0.4 is 16.0 Å². The molecule has 1 heterocycles. The van der Waals surface area contributed by atoms with Gasteiger partial charge in [0.25, 0.3) is 5.91 Å². The summed E-state index contributed by atoms with van der Waals surface area (Å²) in [6.07, 6.45) is 2.94. The molecule has 1 aromatic rings. The van der Waals surface area contributed by atoms with Gasteiger partial charge in [-0.3, -0.25) is 19.2 Å². The molecule has 0 aromatic heterocycles. The maximum Gasteiger partial charge on any atom is 0.407 e. The van der Waals surface area contributed by atoms with Crippen molar-refractivity contribution in [2.75, 3.05) is 20.2 Å². The van der Waals surface area contributed by atoms with Crippen LogP contribution in [0, 0.1) is 35.0 Å². The minimum atomic E-state index is -0.938. The molecule has 1 aromatic carbocycles. The molecule has 4 amide bonds. The summed E-state index contributed by atoms with van der Waals surface area (Å²) in [6, 6.07) is 5.42. The number of likely N-dealkylation sites (tertiary alicyclic amines) is 1. The highest BCUT2D eigenvalue weighted by atomic mass is 16.5. The third kappa shape index (κ3) is 6.03. The Hall–Kier alpha value is -3.43. The maximum absolute atomic E-state index is 14.4. The van der Waals surface area contributed by atoms with Gasteiger partial charge in [-0.25, -0.2) is 4.79 Å². The summed E-state index contributed by atoms with van der Waals surface area (Å²) in [7, 11) is 1.39. The van der Waals surface area contributed by atoms with Crippen molar-refractivity contribution in [3.8, 4) is 0 Å². The molecular weight excluding hydrogens is 536 g/mol. The van der Waals surface area contributed by atoms with Crippen molar-refractivity contribution in [2.24, 2.45) is 35.0 Å². The fourth-order valence-electron chi connectivity index (χ4n) is 7.07. The average molecular weight is 581 g/mol. The molecule has 3 unspecified atom stereocenters. The second kappa shape index (κ2) is 11.7. The molecule has 10 heteroatoms. The first-order valence-corrected chi connectivity index (χ1v) is 15.3. The van der Waals surface area contributed by atoms with E-state index in [1.54, 1.807) is 4.90 Å². The normalized spacial score (nSPS) is 25.2. The number of ketones is 1. The van der Waals surface area contributed by atoms with E-state index in [-0.39, 0.29) is 41.6 Å². The van der Waals surface area contributed by atoms with Gasteiger partial charge in [0, 0.05) is 13.6 Å². The van der Waals surface area contributed by atoms with Gasteiger partial charge in [-0.15, -0.1) is 0 Å². The van der Waals surface area contributed by atoms with Crippen LogP contribution in [0.3, 0.4) is 0 Å². The number of likely N-dealkylation sites (N-methyl/N-ethyl adjacent to an activating group) is 1. The molecule has 42 heavy (non-hydrogen) atoms. The fourth-order valence-corrected chi connectivity index (χ4v) is 7.07. The van der Waals surface area contributed by atoms with Gasteiger partial charge in [0.15, 0.2) is 0 Å². The minimum Gasteiger partial charge on any atom is -0.449 e. The first kappa shape index (κ1) is 30.0. The van der Waals surface area contributed by atoms with Crippen molar-refractivity contribution < 1.29 is 28.7 Å². The van der Waals surface area contributed by atoms with Gasteiger partial charge in [0.05, 0.1) is 12.6 Å². The Morgan fingerprint density at radius 3 is 2.24 bits per heavy atom. The number of Topliss-reactive ketones (excluding diaryl/α,β-unsaturated/α-hetero) is 1. The van der Waals surface area contributed by atoms with Crippen LogP contribution in [0.2, 0.25) is 0 Å². The Labute approximate surface area is 247 Å². The highest BCUT2D eigenvalue weighted by Gasteiger charge is 2.69. The second-order valence-corrected chi connectivity index (χ2v) is 13.6. The number of carbonyl (C=O) groups is 5. The zero-order valence-corrected chi connectivity index (χ0v) is 25.3. The minimum absolute atomic E-state index is 0.0764. The zero-order valence-electron chi connectivity index (χ0n) is 25.3. The predicted molar refractivity (Wildman–Crippen MR) is 155 cm³/mol. The Morgan fingerprint density at radius 2 is 1.67 bits per heavy atom. The van der Waals surface area contributed by atoms with Crippen molar-refractivity contribution >= 4 is 29.6 Å². The number of nitrogens with one attached hydrogen (secondary N) is 3. The zero-order chi connectivity index (χ0) is 30.3. The summed E-state index contributed by atoms with van der Waals surface area (Å²) < 4.78 is 5.40. The van der Waals surface area contributed by atoms with Gasteiger partial charge < -0.3 is 25.6 Å². The van der Waals surface area contributed by atoms with Crippen LogP contribution in [0.4, 0.5) is 4.79 Å². The van der Waals surface area contributed by atoms with Gasteiger partial charge >= 0.3 is 6.09 Å². The molecule has 3 aliphatic carbocycles. The lowest BCUT2D eigenvalue weighted by atomic mass is 9.93. The van der Waals surface area contributed by atoms with Crippen molar-refractivity contribution in [3.63, 3.8) is 0 Å². The predicted octanol–water partition coefficient (Wildman–Crippen LogP) is 2.24. The van der Waals surface area contributed by atoms with E-state index >= 15 is 0 Å². The molecule has 1 aliphatic heterocycles. The number of alkyl carbamates (subject to hydrolysis) is 1. The molecule has 2 saturated carbocycles. The number of nitrogens with zero attached hydrogens (tertiary/aromatic N) is 1. The van der Waals surface area contributed by atoms with E-state index < -0.39 is 41.8 Å². The second-order valence-electron chi connectivity index (χ2n) is 13.6. The van der Waals surface area contributed by atoms with E-state index in [2.05, 4.69) is 29.8 Å². The molecule has 10 nitrogen and oxygen atoms in total. The number of carbonyl (C=O) groups excluding carboxylic acids is 5. The standard InChI is InChI=1S/C32H44N4O6/c1-17(2)16-42-31(41)35-25(21-13-19-8-6-7-9-20(19)14-21)30(40)36-15-22-24(32(22,3)4)26(36)28(38)34-23(12-18-10-11-18)27(37)29(39)33-5/h6-9,17-18,21-26H,10-16H2,1-5H3,(H,33,39)(H,34,38)(H,35,41)/t22-,23?,24?,25-,26?/m0/s1. The summed E-state index contributed by atoms with van der Waals surface area (Å²) in [6.45, 7) is 8.69. The Balaban J connectivity index is 1.38. The molecule has 0 spiro atoms. The molecule has 0 radical (unpaired) electrons. The molecule has 5 atom stereocenters. The van der Waals surface area contributed by atoms with E-state index in [1.165, 1.54) is 7.05 Å². The molecule has 0 bridgehead atoms. The first-order chi connectivity index (χ1) is 19.9. The van der Waals surface area contributed by atoms with E-state index in [0.29, 0.717) is 31.7 Å². The third-order valence-electron chi connectivity index (χ3n) is 9.75. The summed E-state index contributed by atoms with van der Waals surface area (Å²) >= 11 is 0. The van der Waals surface area contributed by atoms with Gasteiger partial charge in [-0.05, 0) is 65.4 Å². The van der Waals surface area contributed by atoms with Crippen LogP contribution >= 0.6 is 0 Å². The molecule has 3 fully saturated rings. The highest BCUT2D eigenvalue weighted by molar-refractivity contribution is 6.38. The lowest BCUT2D eigenvalue weighted by Crippen LogP contribution is -2.59. The summed E-state index contributed by atoms with van der Waals surface area (Å²) in [5, 5.41) is 8.10. The van der Waals surface area contributed by atoms with Crippen LogP contribution in [0.25, 0.3) is 0 Å². The third-order valence-corrected chi connectivity index (χ3v) is 9.75. The van der Waals surface area contributed by atoms with Crippen LogP contribution in [0.5, 0.6) is 0 Å². The largest absolute Gasteiger partial charge is 0.449 e. The molecule has 1 saturated heterocycles. The van der Waals surface area contributed by atoms with Crippen molar-refractivity contribution in [1.82, 2.24) is 20.9 Å². The van der Waals surface area contributed by atoms with Crippen LogP contribution in [0.15, 0.2) is 24.3 Å². The van der Waals surface area contributed by atoms with Crippen molar-refractivity contribution in [1.29, 1.82) is 0 Å². The Kier molecular flexibility index (Phi) is 8.36. The number of amides is 4. The molecular formula is C32H44N4O6. The molecule has 5 rings (SSSR count). The van der Waals surface area contributed by atoms with Crippen molar-refractivity contribution in [3.05, 3.63) is 35.4 Å². The monoisotopic (exact) mass is 580 g/mol. The van der Waals surface area contributed by atoms with E-state index in [0.717, 1.165) is 24.0 Å². The Bertz CT molecular complexity index is 1230. The average Bonchev–Trinajstić information content (AvgIpc) is 3.71. The van der Waals surface area contributed by atoms with E-state index in [1.807, 2.05) is 38.1 Å². The van der Waals surface area contributed by atoms with Crippen molar-refractivity contribution in [2.45, 2.75) is 77.9 Å². The number of ether oxygens (including phenoxy) is 1. The van der Waals surface area contributed by atoms with Gasteiger partial charge in [-0.2, -0.15) is 0 Å². The van der Waals surface area contributed by atoms with E-state index in [9.17, 15) is 24.0 Å². The number of hydrogen-bond donors (Lipinski definition) is 3. The number of piperidine rings is 1. The lowest BCUT2D eigenvalue weighted by Gasteiger charge is -2.35. The SMILES string of the molecule is CNC(=O)C(=O)C(CC1CC1)NC(=O)C1C2[C@H](CN1C(=O)[C@@H](NC(=O)OCC(C)C)C1Cc3ccccc3C1)C2(C)C. The van der Waals surface area contributed by atoms with Crippen LogP contribution in [0.1, 0.15) is 58.1 Å². The fraction of sp³-hybridized carbons (Fsp3) is 0.656. The lowest BCUT2D eigenvalue weighted by molar-refractivity contribution is -0.144. The van der Waals surface area contributed by atoms with Crippen LogP contribution in [-0.2, 0) is 36.8 Å². The van der Waals surface area contributed by atoms with E-state index in [4.69, 9.17) is 4.74 Å². The quantitative estimate of drug-likeness (QED) is 0.344. The number of rotatable bonds is 11. The van der Waals surface area contributed by atoms with Gasteiger partial charge in [0.2, 0.25) is 17.6 Å². The topological polar surface area (TPSA) is 134 Å². The van der Waals surface area contributed by atoms with Crippen LogP contribution in [-0.4, -0.2) is 72.8 Å². The van der Waals surface area contributed by atoms with Gasteiger partial charge in [0.1, 0.15) is 12.1 Å². The number of fused-ring (bicyclic) bond motifs is 2. The molecule has 3 N–H and O–H groups in total. The highest BCUT2D eigenvalue weighted by Crippen LogP contribution is 2.65. The maximum atomic E-state index is 14.4. The smallest absolute Gasteiger partial charge is 0.407 e. The molecule has 228 valence electrons. The van der Waals surface area contributed by atoms with Gasteiger partial charge in [-0.1, -0.05) is 64.8 Å². The summed E-state index contributed by atoms with van der Waals surface area (Å²) in [5.41, 5.74) is 2.15. The molecule has 4 aliphatic rings. The summed E-state index contributed by atoms with van der Waals surface area (Å²) in [4.78, 5) is 67.8. The first-order valence-electron chi connectivity index (χ1n) is 15.3. The number of hydrogen-bond acceptors (Lipinski definition) is 6. The Morgan fingerprint density at radius 1 is 1.02 bits per heavy atom.